The van der Waals surface area contributed by atoms with E-state index in [1.54, 1.807) is 30.8 Å². The fraction of sp³-hybridized carbons (Fsp3) is 0.364. The van der Waals surface area contributed by atoms with Crippen LogP contribution in [0.3, 0.4) is 0 Å². The molecule has 0 saturated carbocycles. The Labute approximate surface area is 89.3 Å². The van der Waals surface area contributed by atoms with Crippen molar-refractivity contribution in [3.05, 3.63) is 35.9 Å². The molecule has 1 aromatic rings. The van der Waals surface area contributed by atoms with Crippen LogP contribution in [0, 0.1) is 0 Å². The Morgan fingerprint density at radius 1 is 1.29 bits per heavy atom. The Hall–Kier alpha value is -0.960. The highest BCUT2D eigenvalue weighted by Gasteiger charge is 2.20. The first-order valence-electron chi connectivity index (χ1n) is 4.45. The van der Waals surface area contributed by atoms with Gasteiger partial charge < -0.3 is 4.90 Å². The summed E-state index contributed by atoms with van der Waals surface area (Å²) < 4.78 is 0. The monoisotopic (exact) mass is 209 g/mol. The summed E-state index contributed by atoms with van der Waals surface area (Å²) in [6, 6.07) is 9.86. The van der Waals surface area contributed by atoms with E-state index in [4.69, 9.17) is 0 Å². The highest BCUT2D eigenvalue weighted by Crippen LogP contribution is 2.27. The normalized spacial score (nSPS) is 12.2. The van der Waals surface area contributed by atoms with Gasteiger partial charge in [0.2, 0.25) is 5.91 Å². The predicted molar refractivity (Wildman–Crippen MR) is 61.4 cm³/mol. The van der Waals surface area contributed by atoms with Gasteiger partial charge in [-0.3, -0.25) is 4.79 Å². The van der Waals surface area contributed by atoms with Crippen molar-refractivity contribution < 1.29 is 4.79 Å². The molecule has 1 rings (SSSR count). The number of carbonyl (C=O) groups is 1. The van der Waals surface area contributed by atoms with Crippen LogP contribution in [-0.2, 0) is 4.79 Å². The number of hydrogen-bond acceptors (Lipinski definition) is 2. The van der Waals surface area contributed by atoms with Crippen molar-refractivity contribution in [2.45, 2.75) is 5.25 Å². The molecule has 1 aromatic carbocycles. The quantitative estimate of drug-likeness (QED) is 0.760. The van der Waals surface area contributed by atoms with Crippen molar-refractivity contribution in [3.8, 4) is 0 Å². The lowest BCUT2D eigenvalue weighted by molar-refractivity contribution is -0.128. The van der Waals surface area contributed by atoms with Crippen LogP contribution in [0.2, 0.25) is 0 Å². The minimum atomic E-state index is -0.0776. The van der Waals surface area contributed by atoms with Crippen LogP contribution in [0.1, 0.15) is 10.8 Å². The van der Waals surface area contributed by atoms with Crippen molar-refractivity contribution in [3.63, 3.8) is 0 Å². The lowest BCUT2D eigenvalue weighted by Gasteiger charge is -2.18. The first-order chi connectivity index (χ1) is 6.66. The molecule has 0 aliphatic carbocycles. The summed E-state index contributed by atoms with van der Waals surface area (Å²) >= 11 is 1.57. The third-order valence-corrected chi connectivity index (χ3v) is 2.95. The lowest BCUT2D eigenvalue weighted by Crippen LogP contribution is -2.26. The molecule has 76 valence electrons. The summed E-state index contributed by atoms with van der Waals surface area (Å²) in [5.41, 5.74) is 1.07. The van der Waals surface area contributed by atoms with Crippen molar-refractivity contribution in [1.82, 2.24) is 4.90 Å². The van der Waals surface area contributed by atoms with Gasteiger partial charge in [0, 0.05) is 14.1 Å². The fourth-order valence-corrected chi connectivity index (χ4v) is 2.08. The van der Waals surface area contributed by atoms with E-state index in [9.17, 15) is 4.79 Å². The summed E-state index contributed by atoms with van der Waals surface area (Å²) in [5.74, 6) is 0.142. The van der Waals surface area contributed by atoms with E-state index in [2.05, 4.69) is 0 Å². The molecule has 1 atom stereocenters. The van der Waals surface area contributed by atoms with Gasteiger partial charge in [0.15, 0.2) is 0 Å². The second kappa shape index (κ2) is 5.05. The van der Waals surface area contributed by atoms with Crippen molar-refractivity contribution in [2.75, 3.05) is 20.4 Å². The maximum absolute atomic E-state index is 11.8. The molecular formula is C11H15NOS. The molecule has 1 unspecified atom stereocenters. The number of likely N-dealkylation sites (N-methyl/N-ethyl adjacent to an activating group) is 1. The predicted octanol–water partition coefficient (Wildman–Crippen LogP) is 2.18. The highest BCUT2D eigenvalue weighted by atomic mass is 32.2. The molecule has 0 aliphatic heterocycles. The van der Waals surface area contributed by atoms with E-state index >= 15 is 0 Å². The van der Waals surface area contributed by atoms with E-state index in [1.165, 1.54) is 0 Å². The van der Waals surface area contributed by atoms with Gasteiger partial charge in [-0.1, -0.05) is 30.3 Å². The van der Waals surface area contributed by atoms with Crippen molar-refractivity contribution in [2.24, 2.45) is 0 Å². The van der Waals surface area contributed by atoms with Gasteiger partial charge in [0.05, 0.1) is 0 Å². The molecule has 0 fully saturated rings. The molecule has 14 heavy (non-hydrogen) atoms. The fourth-order valence-electron chi connectivity index (χ4n) is 1.24. The zero-order valence-corrected chi connectivity index (χ0v) is 9.54. The largest absolute Gasteiger partial charge is 0.348 e. The van der Waals surface area contributed by atoms with Gasteiger partial charge in [-0.2, -0.15) is 0 Å². The number of carbonyl (C=O) groups excluding carboxylic acids is 1. The molecule has 0 saturated heterocycles. The Balaban J connectivity index is 2.88. The standard InChI is InChI=1S/C11H15NOS/c1-12(2)11(13)10(14-3)9-7-5-4-6-8-9/h4-8,10H,1-3H3. The summed E-state index contributed by atoms with van der Waals surface area (Å²) in [5, 5.41) is -0.0776. The van der Waals surface area contributed by atoms with Gasteiger partial charge in [-0.15, -0.1) is 11.8 Å². The Morgan fingerprint density at radius 2 is 1.86 bits per heavy atom. The topological polar surface area (TPSA) is 20.3 Å². The molecule has 0 radical (unpaired) electrons. The van der Waals surface area contributed by atoms with E-state index in [1.807, 2.05) is 36.6 Å². The van der Waals surface area contributed by atoms with E-state index in [0.717, 1.165) is 5.56 Å². The Kier molecular flexibility index (Phi) is 4.01. The van der Waals surface area contributed by atoms with Crippen LogP contribution in [0.5, 0.6) is 0 Å². The minimum Gasteiger partial charge on any atom is -0.348 e. The van der Waals surface area contributed by atoms with Gasteiger partial charge >= 0.3 is 0 Å². The summed E-state index contributed by atoms with van der Waals surface area (Å²) in [6.07, 6.45) is 1.96. The smallest absolute Gasteiger partial charge is 0.239 e. The summed E-state index contributed by atoms with van der Waals surface area (Å²) in [6.45, 7) is 0. The van der Waals surface area contributed by atoms with Crippen molar-refractivity contribution >= 4 is 17.7 Å². The zero-order valence-electron chi connectivity index (χ0n) is 8.73. The number of nitrogens with zero attached hydrogens (tertiary/aromatic N) is 1. The maximum atomic E-state index is 11.8. The van der Waals surface area contributed by atoms with Crippen LogP contribution in [-0.4, -0.2) is 31.2 Å². The number of hydrogen-bond donors (Lipinski definition) is 0. The Morgan fingerprint density at radius 3 is 2.29 bits per heavy atom. The SMILES string of the molecule is CSC(C(=O)N(C)C)c1ccccc1. The van der Waals surface area contributed by atoms with Gasteiger partial charge in [0.25, 0.3) is 0 Å². The lowest BCUT2D eigenvalue weighted by atomic mass is 10.1. The third-order valence-electron chi connectivity index (χ3n) is 2.00. The second-order valence-electron chi connectivity index (χ2n) is 3.26. The van der Waals surface area contributed by atoms with Crippen LogP contribution >= 0.6 is 11.8 Å². The summed E-state index contributed by atoms with van der Waals surface area (Å²) in [7, 11) is 3.57. The zero-order chi connectivity index (χ0) is 10.6. The second-order valence-corrected chi connectivity index (χ2v) is 4.20. The Bertz CT molecular complexity index is 297. The van der Waals surface area contributed by atoms with Crippen LogP contribution in [0.15, 0.2) is 30.3 Å². The molecule has 0 aliphatic rings. The molecule has 0 aromatic heterocycles. The van der Waals surface area contributed by atoms with E-state index in [0.29, 0.717) is 0 Å². The molecular weight excluding hydrogens is 194 g/mol. The number of benzene rings is 1. The van der Waals surface area contributed by atoms with E-state index < -0.39 is 0 Å². The molecule has 0 N–H and O–H groups in total. The molecule has 1 amide bonds. The van der Waals surface area contributed by atoms with Crippen molar-refractivity contribution in [1.29, 1.82) is 0 Å². The number of amides is 1. The van der Waals surface area contributed by atoms with Gasteiger partial charge in [0.1, 0.15) is 5.25 Å². The maximum Gasteiger partial charge on any atom is 0.239 e. The highest BCUT2D eigenvalue weighted by molar-refractivity contribution is 7.99. The number of thioether (sulfide) groups is 1. The first-order valence-corrected chi connectivity index (χ1v) is 5.74. The first kappa shape index (κ1) is 11.1. The molecule has 0 spiro atoms. The number of rotatable bonds is 3. The molecule has 0 heterocycles. The van der Waals surface area contributed by atoms with E-state index in [-0.39, 0.29) is 11.2 Å². The molecule has 0 bridgehead atoms. The molecule has 3 heteroatoms. The van der Waals surface area contributed by atoms with Gasteiger partial charge in [-0.25, -0.2) is 0 Å². The average molecular weight is 209 g/mol. The third kappa shape index (κ3) is 2.51. The van der Waals surface area contributed by atoms with Crippen LogP contribution < -0.4 is 0 Å². The molecule has 2 nitrogen and oxygen atoms in total. The average Bonchev–Trinajstić information content (AvgIpc) is 2.20. The summed E-state index contributed by atoms with van der Waals surface area (Å²) in [4.78, 5) is 13.4. The minimum absolute atomic E-state index is 0.0776. The van der Waals surface area contributed by atoms with Crippen LogP contribution in [0.25, 0.3) is 0 Å². The van der Waals surface area contributed by atoms with Crippen LogP contribution in [0.4, 0.5) is 0 Å². The van der Waals surface area contributed by atoms with Gasteiger partial charge in [-0.05, 0) is 11.8 Å².